The summed E-state index contributed by atoms with van der Waals surface area (Å²) in [4.78, 5) is 14.6. The summed E-state index contributed by atoms with van der Waals surface area (Å²) >= 11 is 0. The van der Waals surface area contributed by atoms with Crippen LogP contribution in [-0.2, 0) is 6.42 Å². The summed E-state index contributed by atoms with van der Waals surface area (Å²) in [5.41, 5.74) is 1.80. The van der Waals surface area contributed by atoms with Crippen LogP contribution in [0.4, 0.5) is 0 Å². The lowest BCUT2D eigenvalue weighted by Crippen LogP contribution is -2.01. The Morgan fingerprint density at radius 3 is 2.57 bits per heavy atom. The average molecular weight is 185 g/mol. The number of carbonyl (C=O) groups is 1. The Morgan fingerprint density at radius 2 is 1.93 bits per heavy atom. The number of carbonyl (C=O) groups excluding carboxylic acids is 1. The molecule has 1 heterocycles. The van der Waals surface area contributed by atoms with Crippen molar-refractivity contribution in [1.82, 2.24) is 4.98 Å². The molecule has 70 valence electrons. The third-order valence-corrected chi connectivity index (χ3v) is 2.12. The predicted molar refractivity (Wildman–Crippen MR) is 55.3 cm³/mol. The number of aromatic nitrogens is 1. The maximum atomic E-state index is 11.7. The van der Waals surface area contributed by atoms with Crippen LogP contribution in [-0.4, -0.2) is 10.8 Å². The second kappa shape index (κ2) is 3.92. The van der Waals surface area contributed by atoms with E-state index < -0.39 is 0 Å². The van der Waals surface area contributed by atoms with Gasteiger partial charge in [-0.25, -0.2) is 0 Å². The minimum Gasteiger partial charge on any atom is -0.367 e. The highest BCUT2D eigenvalue weighted by Gasteiger charge is 2.05. The van der Waals surface area contributed by atoms with Crippen LogP contribution in [0.5, 0.6) is 0 Å². The number of rotatable bonds is 3. The third kappa shape index (κ3) is 1.91. The average Bonchev–Trinajstić information content (AvgIpc) is 2.72. The highest BCUT2D eigenvalue weighted by molar-refractivity contribution is 5.97. The van der Waals surface area contributed by atoms with Gasteiger partial charge in [-0.05, 0) is 11.6 Å². The molecule has 2 nitrogen and oxygen atoms in total. The second-order valence-electron chi connectivity index (χ2n) is 3.19. The van der Waals surface area contributed by atoms with Gasteiger partial charge in [0.15, 0.2) is 5.78 Å². The van der Waals surface area contributed by atoms with Gasteiger partial charge in [-0.2, -0.15) is 0 Å². The van der Waals surface area contributed by atoms with Gasteiger partial charge in [0, 0.05) is 24.4 Å². The normalized spacial score (nSPS) is 10.0. The fourth-order valence-corrected chi connectivity index (χ4v) is 1.38. The number of hydrogen-bond donors (Lipinski definition) is 1. The first kappa shape index (κ1) is 8.75. The van der Waals surface area contributed by atoms with Crippen molar-refractivity contribution < 1.29 is 4.79 Å². The third-order valence-electron chi connectivity index (χ3n) is 2.12. The highest BCUT2D eigenvalue weighted by atomic mass is 16.1. The number of Topliss-reactive ketones (excluding diaryl/α,β-unsaturated/α-hetero) is 1. The second-order valence-corrected chi connectivity index (χ2v) is 3.19. The zero-order valence-electron chi connectivity index (χ0n) is 7.73. The molecule has 0 radical (unpaired) electrons. The van der Waals surface area contributed by atoms with Crippen LogP contribution in [0.3, 0.4) is 0 Å². The van der Waals surface area contributed by atoms with E-state index >= 15 is 0 Å². The summed E-state index contributed by atoms with van der Waals surface area (Å²) < 4.78 is 0. The summed E-state index contributed by atoms with van der Waals surface area (Å²) in [7, 11) is 0. The molecule has 1 N–H and O–H groups in total. The largest absolute Gasteiger partial charge is 0.367 e. The maximum Gasteiger partial charge on any atom is 0.167 e. The van der Waals surface area contributed by atoms with Crippen molar-refractivity contribution in [3.05, 3.63) is 59.9 Å². The van der Waals surface area contributed by atoms with Gasteiger partial charge < -0.3 is 4.98 Å². The number of H-pyrrole nitrogens is 1. The Balaban J connectivity index is 2.11. The number of nitrogens with one attached hydrogen (secondary N) is 1. The van der Waals surface area contributed by atoms with Crippen LogP contribution in [0.15, 0.2) is 48.8 Å². The lowest BCUT2D eigenvalue weighted by molar-refractivity contribution is 0.0993. The summed E-state index contributed by atoms with van der Waals surface area (Å²) in [5.74, 6) is 0.158. The van der Waals surface area contributed by atoms with Gasteiger partial charge in [-0.3, -0.25) is 4.79 Å². The van der Waals surface area contributed by atoms with Gasteiger partial charge in [0.25, 0.3) is 0 Å². The molecule has 2 aromatic rings. The minimum absolute atomic E-state index is 0.158. The van der Waals surface area contributed by atoms with E-state index in [0.29, 0.717) is 6.42 Å². The first-order valence-electron chi connectivity index (χ1n) is 4.56. The van der Waals surface area contributed by atoms with E-state index in [-0.39, 0.29) is 5.78 Å². The molecular weight excluding hydrogens is 174 g/mol. The van der Waals surface area contributed by atoms with E-state index in [1.807, 2.05) is 48.8 Å². The van der Waals surface area contributed by atoms with Crippen molar-refractivity contribution in [2.24, 2.45) is 0 Å². The molecule has 0 aliphatic heterocycles. The first-order chi connectivity index (χ1) is 6.86. The fourth-order valence-electron chi connectivity index (χ4n) is 1.38. The fraction of sp³-hybridized carbons (Fsp3) is 0.0833. The van der Waals surface area contributed by atoms with Gasteiger partial charge in [0.05, 0.1) is 0 Å². The molecule has 0 unspecified atom stereocenters. The van der Waals surface area contributed by atoms with E-state index in [1.165, 1.54) is 0 Å². The first-order valence-corrected chi connectivity index (χ1v) is 4.56. The van der Waals surface area contributed by atoms with E-state index in [4.69, 9.17) is 0 Å². The Kier molecular flexibility index (Phi) is 2.45. The van der Waals surface area contributed by atoms with Crippen LogP contribution in [0.1, 0.15) is 15.9 Å². The van der Waals surface area contributed by atoms with Crippen molar-refractivity contribution >= 4 is 5.78 Å². The molecule has 0 aliphatic carbocycles. The smallest absolute Gasteiger partial charge is 0.167 e. The molecule has 0 atom stereocenters. The SMILES string of the molecule is O=C(Cc1cc[nH]c1)c1ccccc1. The van der Waals surface area contributed by atoms with Crippen LogP contribution in [0.2, 0.25) is 0 Å². The molecule has 0 saturated heterocycles. The zero-order chi connectivity index (χ0) is 9.80. The molecule has 1 aromatic carbocycles. The van der Waals surface area contributed by atoms with Crippen molar-refractivity contribution in [2.75, 3.05) is 0 Å². The van der Waals surface area contributed by atoms with Gasteiger partial charge in [-0.15, -0.1) is 0 Å². The Morgan fingerprint density at radius 1 is 1.14 bits per heavy atom. The Labute approximate surface area is 82.6 Å². The van der Waals surface area contributed by atoms with E-state index in [1.54, 1.807) is 0 Å². The van der Waals surface area contributed by atoms with Gasteiger partial charge in [0.2, 0.25) is 0 Å². The molecule has 0 fully saturated rings. The van der Waals surface area contributed by atoms with Crippen LogP contribution >= 0.6 is 0 Å². The van der Waals surface area contributed by atoms with Crippen molar-refractivity contribution in [3.63, 3.8) is 0 Å². The topological polar surface area (TPSA) is 32.9 Å². The van der Waals surface area contributed by atoms with Gasteiger partial charge in [-0.1, -0.05) is 30.3 Å². The minimum atomic E-state index is 0.158. The van der Waals surface area contributed by atoms with Crippen LogP contribution in [0.25, 0.3) is 0 Å². The Bertz CT molecular complexity index is 403. The molecule has 0 saturated carbocycles. The summed E-state index contributed by atoms with van der Waals surface area (Å²) in [6, 6.07) is 11.3. The molecule has 0 bridgehead atoms. The van der Waals surface area contributed by atoms with E-state index in [0.717, 1.165) is 11.1 Å². The predicted octanol–water partition coefficient (Wildman–Crippen LogP) is 2.44. The van der Waals surface area contributed by atoms with Crippen LogP contribution in [0, 0.1) is 0 Å². The quantitative estimate of drug-likeness (QED) is 0.732. The molecule has 1 aromatic heterocycles. The Hall–Kier alpha value is -1.83. The monoisotopic (exact) mass is 185 g/mol. The van der Waals surface area contributed by atoms with Crippen molar-refractivity contribution in [2.45, 2.75) is 6.42 Å². The lowest BCUT2D eigenvalue weighted by Gasteiger charge is -1.97. The molecule has 0 amide bonds. The van der Waals surface area contributed by atoms with Crippen molar-refractivity contribution in [1.29, 1.82) is 0 Å². The van der Waals surface area contributed by atoms with Gasteiger partial charge in [0.1, 0.15) is 0 Å². The molecule has 0 spiro atoms. The summed E-state index contributed by atoms with van der Waals surface area (Å²) in [6.45, 7) is 0. The molecule has 14 heavy (non-hydrogen) atoms. The zero-order valence-corrected chi connectivity index (χ0v) is 7.73. The van der Waals surface area contributed by atoms with E-state index in [2.05, 4.69) is 4.98 Å². The summed E-state index contributed by atoms with van der Waals surface area (Å²) in [6.07, 6.45) is 4.14. The number of benzene rings is 1. The standard InChI is InChI=1S/C12H11NO/c14-12(8-10-6-7-13-9-10)11-4-2-1-3-5-11/h1-7,9,13H,8H2. The highest BCUT2D eigenvalue weighted by Crippen LogP contribution is 2.06. The number of ketones is 1. The molecular formula is C12H11NO. The number of aromatic amines is 1. The van der Waals surface area contributed by atoms with Crippen molar-refractivity contribution in [3.8, 4) is 0 Å². The van der Waals surface area contributed by atoms with Gasteiger partial charge >= 0.3 is 0 Å². The maximum absolute atomic E-state index is 11.7. The van der Waals surface area contributed by atoms with E-state index in [9.17, 15) is 4.79 Å². The molecule has 2 heteroatoms. The van der Waals surface area contributed by atoms with Crippen LogP contribution < -0.4 is 0 Å². The number of hydrogen-bond acceptors (Lipinski definition) is 1. The molecule has 2 rings (SSSR count). The lowest BCUT2D eigenvalue weighted by atomic mass is 10.1. The summed E-state index contributed by atoms with van der Waals surface area (Å²) in [5, 5.41) is 0. The molecule has 0 aliphatic rings.